The number of carbonyl (C=O) groups excluding carboxylic acids is 3. The van der Waals surface area contributed by atoms with Crippen molar-refractivity contribution in [2.75, 3.05) is 7.11 Å². The summed E-state index contributed by atoms with van der Waals surface area (Å²) in [5, 5.41) is 19.7. The molecule has 0 aliphatic heterocycles. The van der Waals surface area contributed by atoms with Gasteiger partial charge in [0.2, 0.25) is 0 Å². The van der Waals surface area contributed by atoms with Gasteiger partial charge in [0.15, 0.2) is 0 Å². The molecule has 0 saturated carbocycles. The van der Waals surface area contributed by atoms with Gasteiger partial charge in [-0.2, -0.15) is 0 Å². The molecule has 0 spiro atoms. The number of carbonyl (C=O) groups is 3. The fourth-order valence-electron chi connectivity index (χ4n) is 0.799. The molecule has 0 atom stereocenters. The van der Waals surface area contributed by atoms with Gasteiger partial charge in [-0.05, 0) is 25.7 Å². The zero-order valence-electron chi connectivity index (χ0n) is 10.5. The Morgan fingerprint density at radius 1 is 1.06 bits per heavy atom. The maximum atomic E-state index is 9.86. The number of ether oxygens (including phenoxy) is 1. The average molecular weight is 269 g/mol. The van der Waals surface area contributed by atoms with Crippen molar-refractivity contribution in [3.8, 4) is 0 Å². The van der Waals surface area contributed by atoms with Crippen molar-refractivity contribution in [1.82, 2.24) is 0 Å². The Bertz CT molecular complexity index is 248. The average Bonchev–Trinajstić information content (AvgIpc) is 2.27. The van der Waals surface area contributed by atoms with E-state index in [9.17, 15) is 24.6 Å². The zero-order valence-corrected chi connectivity index (χ0v) is 11.9. The van der Waals surface area contributed by atoms with Gasteiger partial charge in [0.25, 0.3) is 0 Å². The molecular formula is C11H16MgO6. The minimum absolute atomic E-state index is 0. The van der Waals surface area contributed by atoms with Crippen molar-refractivity contribution in [2.45, 2.75) is 32.1 Å². The quantitative estimate of drug-likeness (QED) is 0.238. The number of aliphatic carboxylic acids is 2. The molecule has 0 aliphatic carbocycles. The van der Waals surface area contributed by atoms with Gasteiger partial charge in [0.1, 0.15) is 0 Å². The summed E-state index contributed by atoms with van der Waals surface area (Å²) in [6.45, 7) is 3.16. The third-order valence-corrected chi connectivity index (χ3v) is 1.63. The summed E-state index contributed by atoms with van der Waals surface area (Å²) in [7, 11) is 1.31. The van der Waals surface area contributed by atoms with Gasteiger partial charge in [0.05, 0.1) is 7.11 Å². The van der Waals surface area contributed by atoms with Crippen molar-refractivity contribution >= 4 is 41.0 Å². The monoisotopic (exact) mass is 268 g/mol. The Labute approximate surface area is 122 Å². The van der Waals surface area contributed by atoms with Crippen LogP contribution in [0.15, 0.2) is 12.7 Å². The fourth-order valence-corrected chi connectivity index (χ4v) is 0.799. The van der Waals surface area contributed by atoms with Crippen LogP contribution < -0.4 is 10.2 Å². The Balaban J connectivity index is -0.000000277. The predicted octanol–water partition coefficient (Wildman–Crippen LogP) is -1.60. The van der Waals surface area contributed by atoms with Crippen LogP contribution in [0.2, 0.25) is 0 Å². The Morgan fingerprint density at radius 3 is 1.61 bits per heavy atom. The SMILES string of the molecule is C=CC(=O)OC.O=C([O-])CCCCCC(=O)[O-].[Mg+2]. The third kappa shape index (κ3) is 24.2. The van der Waals surface area contributed by atoms with Gasteiger partial charge in [-0.15, -0.1) is 0 Å². The molecule has 18 heavy (non-hydrogen) atoms. The molecule has 0 saturated heterocycles. The molecule has 0 amide bonds. The van der Waals surface area contributed by atoms with E-state index in [1.807, 2.05) is 0 Å². The first kappa shape index (κ1) is 22.1. The Morgan fingerprint density at radius 2 is 1.44 bits per heavy atom. The summed E-state index contributed by atoms with van der Waals surface area (Å²) < 4.78 is 4.14. The largest absolute Gasteiger partial charge is 2.00 e. The van der Waals surface area contributed by atoms with Gasteiger partial charge in [-0.1, -0.05) is 13.0 Å². The molecule has 6 nitrogen and oxygen atoms in total. The second-order valence-corrected chi connectivity index (χ2v) is 3.03. The molecule has 0 aliphatic rings. The maximum Gasteiger partial charge on any atom is 2.00 e. The summed E-state index contributed by atoms with van der Waals surface area (Å²) >= 11 is 0. The zero-order chi connectivity index (χ0) is 13.7. The van der Waals surface area contributed by atoms with Gasteiger partial charge < -0.3 is 24.5 Å². The van der Waals surface area contributed by atoms with Crippen LogP contribution in [-0.2, 0) is 19.1 Å². The van der Waals surface area contributed by atoms with Crippen molar-refractivity contribution < 1.29 is 29.3 Å². The van der Waals surface area contributed by atoms with E-state index in [2.05, 4.69) is 11.3 Å². The number of unbranched alkanes of at least 4 members (excludes halogenated alkanes) is 2. The van der Waals surface area contributed by atoms with Crippen LogP contribution >= 0.6 is 0 Å². The van der Waals surface area contributed by atoms with E-state index in [4.69, 9.17) is 0 Å². The smallest absolute Gasteiger partial charge is 0.550 e. The fraction of sp³-hybridized carbons (Fsp3) is 0.545. The van der Waals surface area contributed by atoms with Crippen molar-refractivity contribution in [3.05, 3.63) is 12.7 Å². The van der Waals surface area contributed by atoms with Gasteiger partial charge in [-0.3, -0.25) is 0 Å². The molecule has 0 aromatic carbocycles. The van der Waals surface area contributed by atoms with Crippen LogP contribution in [0, 0.1) is 0 Å². The molecule has 0 N–H and O–H groups in total. The van der Waals surface area contributed by atoms with Gasteiger partial charge >= 0.3 is 29.0 Å². The van der Waals surface area contributed by atoms with Crippen LogP contribution in [0.3, 0.4) is 0 Å². The third-order valence-electron chi connectivity index (χ3n) is 1.63. The molecule has 0 aromatic heterocycles. The van der Waals surface area contributed by atoms with Crippen LogP contribution in [0.5, 0.6) is 0 Å². The van der Waals surface area contributed by atoms with Crippen molar-refractivity contribution in [1.29, 1.82) is 0 Å². The van der Waals surface area contributed by atoms with E-state index in [0.29, 0.717) is 19.3 Å². The molecule has 0 fully saturated rings. The van der Waals surface area contributed by atoms with Crippen molar-refractivity contribution in [3.63, 3.8) is 0 Å². The van der Waals surface area contributed by atoms with Gasteiger partial charge in [0, 0.05) is 18.0 Å². The molecule has 98 valence electrons. The molecule has 0 rings (SSSR count). The number of hydrogen-bond acceptors (Lipinski definition) is 6. The predicted molar refractivity (Wildman–Crippen MR) is 61.1 cm³/mol. The summed E-state index contributed by atoms with van der Waals surface area (Å²) in [6, 6.07) is 0. The van der Waals surface area contributed by atoms with Crippen molar-refractivity contribution in [2.24, 2.45) is 0 Å². The number of methoxy groups -OCH3 is 1. The topological polar surface area (TPSA) is 107 Å². The normalized spacial score (nSPS) is 8.06. The second-order valence-electron chi connectivity index (χ2n) is 3.03. The van der Waals surface area contributed by atoms with Crippen LogP contribution in [0.1, 0.15) is 32.1 Å². The van der Waals surface area contributed by atoms with E-state index in [0.717, 1.165) is 6.08 Å². The number of hydrogen-bond donors (Lipinski definition) is 0. The summed E-state index contributed by atoms with van der Waals surface area (Å²) in [4.78, 5) is 29.6. The van der Waals surface area contributed by atoms with E-state index < -0.39 is 17.9 Å². The summed E-state index contributed by atoms with van der Waals surface area (Å²) in [5.41, 5.74) is 0. The standard InChI is InChI=1S/C7H12O4.C4H6O2.Mg/c8-6(9)4-2-1-3-5-7(10)11;1-3-4(5)6-2;/h1-5H2,(H,8,9)(H,10,11);3H,1H2,2H3;/q;;+2/p-2. The van der Waals surface area contributed by atoms with Crippen LogP contribution in [-0.4, -0.2) is 48.1 Å². The van der Waals surface area contributed by atoms with Crippen LogP contribution in [0.4, 0.5) is 0 Å². The van der Waals surface area contributed by atoms with E-state index >= 15 is 0 Å². The molecular weight excluding hydrogens is 252 g/mol. The summed E-state index contributed by atoms with van der Waals surface area (Å²) in [6.07, 6.45) is 2.69. The first-order chi connectivity index (χ1) is 7.93. The van der Waals surface area contributed by atoms with Gasteiger partial charge in [-0.25, -0.2) is 4.79 Å². The molecule has 0 radical (unpaired) electrons. The Hall–Kier alpha value is -1.08. The Kier molecular flexibility index (Phi) is 19.6. The minimum atomic E-state index is -1.08. The number of rotatable bonds is 7. The van der Waals surface area contributed by atoms with E-state index in [-0.39, 0.29) is 35.9 Å². The molecule has 0 bridgehead atoms. The maximum absolute atomic E-state index is 9.86. The molecule has 7 heteroatoms. The first-order valence-electron chi connectivity index (χ1n) is 5.04. The van der Waals surface area contributed by atoms with Crippen LogP contribution in [0.25, 0.3) is 0 Å². The number of carboxylic acid groups (broad SMARTS) is 2. The molecule has 0 aromatic rings. The number of carboxylic acids is 2. The number of esters is 1. The minimum Gasteiger partial charge on any atom is -0.550 e. The molecule has 0 heterocycles. The first-order valence-corrected chi connectivity index (χ1v) is 5.04. The van der Waals surface area contributed by atoms with E-state index in [1.165, 1.54) is 7.11 Å². The second kappa shape index (κ2) is 15.9. The molecule has 0 unspecified atom stereocenters. The summed E-state index contributed by atoms with van der Waals surface area (Å²) in [5.74, 6) is -2.56. The van der Waals surface area contributed by atoms with E-state index in [1.54, 1.807) is 0 Å².